The van der Waals surface area contributed by atoms with Crippen molar-refractivity contribution >= 4 is 18.9 Å². The number of para-hydroxylation sites is 1. The number of carbonyl (C=O) groups is 2. The summed E-state index contributed by atoms with van der Waals surface area (Å²) in [5, 5.41) is 19.5. The predicted octanol–water partition coefficient (Wildman–Crippen LogP) is 1.43. The largest absolute Gasteiger partial charge is 0.535 e. The summed E-state index contributed by atoms with van der Waals surface area (Å²) < 4.78 is 19.6. The Bertz CT molecular complexity index is 953. The van der Waals surface area contributed by atoms with Crippen LogP contribution >= 0.6 is 0 Å². The zero-order valence-corrected chi connectivity index (χ0v) is 15.7. The van der Waals surface area contributed by atoms with Crippen LogP contribution in [0.2, 0.25) is 5.82 Å². The summed E-state index contributed by atoms with van der Waals surface area (Å²) in [6.45, 7) is 0.138. The van der Waals surface area contributed by atoms with Gasteiger partial charge in [-0.15, -0.1) is 0 Å². The van der Waals surface area contributed by atoms with Crippen LogP contribution in [0.15, 0.2) is 30.3 Å². The summed E-state index contributed by atoms with van der Waals surface area (Å²) in [5.41, 5.74) is 13.2. The molecule has 0 saturated heterocycles. The molecule has 9 heteroatoms. The summed E-state index contributed by atoms with van der Waals surface area (Å²) in [4.78, 5) is 23.8. The van der Waals surface area contributed by atoms with Gasteiger partial charge in [-0.3, -0.25) is 4.79 Å². The van der Waals surface area contributed by atoms with E-state index in [1.165, 1.54) is 12.1 Å². The number of fused-ring (bicyclic) bond motifs is 1. The Morgan fingerprint density at radius 3 is 2.66 bits per heavy atom. The van der Waals surface area contributed by atoms with Crippen LogP contribution < -0.4 is 16.1 Å². The van der Waals surface area contributed by atoms with E-state index in [-0.39, 0.29) is 43.0 Å². The molecule has 1 aliphatic rings. The Morgan fingerprint density at radius 2 is 2.00 bits per heavy atom. The molecule has 0 bridgehead atoms. The number of carbonyl (C=O) groups excluding carboxylic acids is 1. The molecule has 0 radical (unpaired) electrons. The molecule has 152 valence electrons. The summed E-state index contributed by atoms with van der Waals surface area (Å²) in [5.74, 6) is -2.24. The quantitative estimate of drug-likeness (QED) is 0.516. The topological polar surface area (TPSA) is 136 Å². The van der Waals surface area contributed by atoms with Gasteiger partial charge in [0.15, 0.2) is 0 Å². The number of hydrogen-bond donors (Lipinski definition) is 4. The molecule has 29 heavy (non-hydrogen) atoms. The average Bonchev–Trinajstić information content (AvgIpc) is 2.67. The lowest BCUT2D eigenvalue weighted by molar-refractivity contribution is -0.118. The molecule has 2 aromatic rings. The van der Waals surface area contributed by atoms with E-state index in [1.807, 2.05) is 0 Å². The van der Waals surface area contributed by atoms with Crippen LogP contribution in [0.5, 0.6) is 5.75 Å². The molecular weight excluding hydrogens is 378 g/mol. The number of aromatic carboxylic acids is 1. The Hall–Kier alpha value is -2.75. The van der Waals surface area contributed by atoms with Crippen molar-refractivity contribution in [2.24, 2.45) is 11.5 Å². The highest BCUT2D eigenvalue weighted by Gasteiger charge is 2.37. The first-order chi connectivity index (χ1) is 13.8. The second-order valence-electron chi connectivity index (χ2n) is 7.11. The van der Waals surface area contributed by atoms with Gasteiger partial charge < -0.3 is 26.3 Å². The summed E-state index contributed by atoms with van der Waals surface area (Å²) >= 11 is 0. The van der Waals surface area contributed by atoms with Crippen LogP contribution in [0.25, 0.3) is 0 Å². The molecule has 0 amide bonds. The van der Waals surface area contributed by atoms with Gasteiger partial charge in [-0.1, -0.05) is 18.2 Å². The highest BCUT2D eigenvalue weighted by molar-refractivity contribution is 6.47. The molecule has 3 rings (SSSR count). The maximum Gasteiger partial charge on any atom is 0.526 e. The Balaban J connectivity index is 1.73. The third kappa shape index (κ3) is 4.47. The Labute approximate surface area is 167 Å². The zero-order chi connectivity index (χ0) is 21.1. The van der Waals surface area contributed by atoms with Crippen molar-refractivity contribution in [2.45, 2.75) is 38.2 Å². The molecule has 1 atom stereocenters. The molecule has 1 heterocycles. The van der Waals surface area contributed by atoms with Crippen molar-refractivity contribution in [1.29, 1.82) is 0 Å². The van der Waals surface area contributed by atoms with Crippen molar-refractivity contribution in [3.8, 4) is 5.75 Å². The number of hydrogen-bond acceptors (Lipinski definition) is 6. The smallest absolute Gasteiger partial charge is 0.526 e. The van der Waals surface area contributed by atoms with E-state index in [0.29, 0.717) is 28.7 Å². The summed E-state index contributed by atoms with van der Waals surface area (Å²) in [6, 6.07) is 7.65. The number of nitrogens with two attached hydrogens (primary N) is 2. The molecule has 0 spiro atoms. The highest BCUT2D eigenvalue weighted by atomic mass is 19.1. The third-order valence-corrected chi connectivity index (χ3v) is 5.11. The van der Waals surface area contributed by atoms with Gasteiger partial charge in [0.25, 0.3) is 0 Å². The van der Waals surface area contributed by atoms with Crippen molar-refractivity contribution in [3.05, 3.63) is 64.0 Å². The van der Waals surface area contributed by atoms with Crippen molar-refractivity contribution in [1.82, 2.24) is 0 Å². The van der Waals surface area contributed by atoms with E-state index < -0.39 is 24.7 Å². The van der Waals surface area contributed by atoms with Gasteiger partial charge in [0.2, 0.25) is 0 Å². The molecule has 1 aliphatic heterocycles. The minimum Gasteiger partial charge on any atom is -0.535 e. The van der Waals surface area contributed by atoms with Crippen molar-refractivity contribution in [2.75, 3.05) is 0 Å². The lowest BCUT2D eigenvalue weighted by Crippen LogP contribution is -2.36. The molecule has 2 aromatic carbocycles. The minimum atomic E-state index is -1.30. The van der Waals surface area contributed by atoms with Crippen molar-refractivity contribution in [3.63, 3.8) is 0 Å². The van der Waals surface area contributed by atoms with Gasteiger partial charge in [-0.25, -0.2) is 9.18 Å². The first-order valence-corrected chi connectivity index (χ1v) is 9.26. The molecule has 0 unspecified atom stereocenters. The van der Waals surface area contributed by atoms with E-state index in [0.717, 1.165) is 0 Å². The van der Waals surface area contributed by atoms with E-state index in [4.69, 9.17) is 16.1 Å². The lowest BCUT2D eigenvalue weighted by atomic mass is 9.64. The van der Waals surface area contributed by atoms with Crippen LogP contribution in [0.1, 0.15) is 39.0 Å². The molecule has 6 N–H and O–H groups in total. The van der Waals surface area contributed by atoms with Gasteiger partial charge in [-0.05, 0) is 35.2 Å². The molecule has 0 aromatic heterocycles. The Morgan fingerprint density at radius 1 is 1.24 bits per heavy atom. The highest BCUT2D eigenvalue weighted by Crippen LogP contribution is 2.36. The molecule has 0 fully saturated rings. The van der Waals surface area contributed by atoms with Crippen LogP contribution in [0, 0.1) is 5.82 Å². The van der Waals surface area contributed by atoms with Gasteiger partial charge in [0.05, 0.1) is 5.56 Å². The molecule has 7 nitrogen and oxygen atoms in total. The van der Waals surface area contributed by atoms with Gasteiger partial charge in [0, 0.05) is 37.3 Å². The average molecular weight is 400 g/mol. The van der Waals surface area contributed by atoms with Crippen molar-refractivity contribution < 1.29 is 28.8 Å². The van der Waals surface area contributed by atoms with Gasteiger partial charge in [-0.2, -0.15) is 0 Å². The van der Waals surface area contributed by atoms with E-state index in [1.54, 1.807) is 18.2 Å². The number of carboxylic acids is 1. The fraction of sp³-hybridized carbons (Fsp3) is 0.300. The van der Waals surface area contributed by atoms with E-state index in [2.05, 4.69) is 0 Å². The fourth-order valence-electron chi connectivity index (χ4n) is 3.69. The second-order valence-corrected chi connectivity index (χ2v) is 7.11. The number of ketones is 1. The zero-order valence-electron chi connectivity index (χ0n) is 15.7. The molecule has 0 saturated carbocycles. The van der Waals surface area contributed by atoms with Gasteiger partial charge >= 0.3 is 13.1 Å². The maximum atomic E-state index is 14.2. The standard InChI is InChI=1S/C20H22BFN2O5/c22-18-6-11(4-13(9-23)17(18)10-24)5-15(25)8-14-7-12-2-1-3-16(20(26)27)19(12)29-21(14)28/h1-4,6,14,28H,5,7-10,23-24H2,(H,26,27)/t14-/m1/s1. The number of rotatable bonds is 7. The first kappa shape index (κ1) is 21.0. The fourth-order valence-corrected chi connectivity index (χ4v) is 3.69. The molecule has 0 aliphatic carbocycles. The SMILES string of the molecule is NCc1cc(CC(=O)C[C@H]2Cc3cccc(C(=O)O)c3OB2O)cc(F)c1CN. The summed E-state index contributed by atoms with van der Waals surface area (Å²) in [6.07, 6.45) is 0.300. The van der Waals surface area contributed by atoms with Crippen LogP contribution in [-0.2, 0) is 30.7 Å². The number of halogens is 1. The second kappa shape index (κ2) is 8.73. The molecular formula is C20H22BFN2O5. The van der Waals surface area contributed by atoms with Crippen LogP contribution in [-0.4, -0.2) is 29.0 Å². The number of carboxylic acid groups (broad SMARTS) is 1. The lowest BCUT2D eigenvalue weighted by Gasteiger charge is -2.28. The van der Waals surface area contributed by atoms with Gasteiger partial charge in [0.1, 0.15) is 17.3 Å². The maximum absolute atomic E-state index is 14.2. The van der Waals surface area contributed by atoms with E-state index >= 15 is 0 Å². The first-order valence-electron chi connectivity index (χ1n) is 9.26. The monoisotopic (exact) mass is 400 g/mol. The van der Waals surface area contributed by atoms with Crippen LogP contribution in [0.4, 0.5) is 4.39 Å². The van der Waals surface area contributed by atoms with E-state index in [9.17, 15) is 24.1 Å². The number of Topliss-reactive ketones (excluding diaryl/α,β-unsaturated/α-hetero) is 1. The predicted molar refractivity (Wildman–Crippen MR) is 105 cm³/mol. The van der Waals surface area contributed by atoms with Crippen LogP contribution in [0.3, 0.4) is 0 Å². The minimum absolute atomic E-state index is 0.0100. The Kier molecular flexibility index (Phi) is 6.31. The third-order valence-electron chi connectivity index (χ3n) is 5.11. The number of benzene rings is 2. The normalized spacial score (nSPS) is 15.6. The summed E-state index contributed by atoms with van der Waals surface area (Å²) in [7, 11) is -1.30.